The topological polar surface area (TPSA) is 43.1 Å². The van der Waals surface area contributed by atoms with Gasteiger partial charge in [-0.3, -0.25) is 4.79 Å². The Morgan fingerprint density at radius 2 is 2.22 bits per heavy atom. The number of hydrogen-bond acceptors (Lipinski definition) is 2. The van der Waals surface area contributed by atoms with Gasteiger partial charge in [0.15, 0.2) is 0 Å². The van der Waals surface area contributed by atoms with Crippen LogP contribution in [-0.2, 0) is 4.79 Å². The first-order chi connectivity index (χ1) is 4.22. The Labute approximate surface area is 56.4 Å². The van der Waals surface area contributed by atoms with E-state index in [1.165, 1.54) is 0 Å². The zero-order chi connectivity index (χ0) is 7.28. The van der Waals surface area contributed by atoms with Crippen molar-refractivity contribution in [3.05, 3.63) is 0 Å². The molecule has 0 aromatic rings. The lowest BCUT2D eigenvalue weighted by Gasteiger charge is -2.07. The van der Waals surface area contributed by atoms with Crippen molar-refractivity contribution in [2.45, 2.75) is 26.7 Å². The van der Waals surface area contributed by atoms with Gasteiger partial charge < -0.3 is 5.73 Å². The summed E-state index contributed by atoms with van der Waals surface area (Å²) in [6.45, 7) is 4.17. The molecule has 0 aliphatic rings. The van der Waals surface area contributed by atoms with Crippen molar-refractivity contribution in [1.29, 1.82) is 0 Å². The van der Waals surface area contributed by atoms with Gasteiger partial charge in [-0.05, 0) is 13.3 Å². The summed E-state index contributed by atoms with van der Waals surface area (Å²) < 4.78 is 0. The van der Waals surface area contributed by atoms with Crippen molar-refractivity contribution in [1.82, 2.24) is 0 Å². The molecule has 0 aliphatic heterocycles. The highest BCUT2D eigenvalue weighted by Crippen LogP contribution is 2.04. The van der Waals surface area contributed by atoms with E-state index in [4.69, 9.17) is 5.73 Å². The molecule has 0 bridgehead atoms. The molecule has 2 N–H and O–H groups in total. The molecule has 9 heavy (non-hydrogen) atoms. The molecule has 54 valence electrons. The third-order valence-electron chi connectivity index (χ3n) is 1.50. The Balaban J connectivity index is 3.54. The largest absolute Gasteiger partial charge is 0.330 e. The zero-order valence-electron chi connectivity index (χ0n) is 6.18. The highest BCUT2D eigenvalue weighted by Gasteiger charge is 2.08. The molecule has 0 aromatic heterocycles. The Bertz CT molecular complexity index is 90.9. The van der Waals surface area contributed by atoms with Gasteiger partial charge in [-0.2, -0.15) is 0 Å². The fourth-order valence-electron chi connectivity index (χ4n) is 0.836. The van der Waals surface area contributed by atoms with Crippen LogP contribution in [0.25, 0.3) is 0 Å². The number of rotatable bonds is 4. The van der Waals surface area contributed by atoms with E-state index < -0.39 is 0 Å². The highest BCUT2D eigenvalue weighted by atomic mass is 16.1. The molecule has 0 fully saturated rings. The number of hydrogen-bond donors (Lipinski definition) is 1. The second-order valence-corrected chi connectivity index (χ2v) is 2.33. The molecule has 2 heteroatoms. The Hall–Kier alpha value is -0.370. The smallest absolute Gasteiger partial charge is 0.134 e. The molecule has 0 rings (SSSR count). The van der Waals surface area contributed by atoms with E-state index >= 15 is 0 Å². The van der Waals surface area contributed by atoms with Gasteiger partial charge in [0.2, 0.25) is 0 Å². The predicted molar refractivity (Wildman–Crippen MR) is 38.1 cm³/mol. The fourth-order valence-corrected chi connectivity index (χ4v) is 0.836. The van der Waals surface area contributed by atoms with Crippen LogP contribution < -0.4 is 5.73 Å². The Morgan fingerprint density at radius 3 is 2.33 bits per heavy atom. The lowest BCUT2D eigenvalue weighted by Crippen LogP contribution is -2.20. The minimum absolute atomic E-state index is 0.106. The molecular weight excluding hydrogens is 114 g/mol. The molecule has 1 unspecified atom stereocenters. The number of ketones is 1. The van der Waals surface area contributed by atoms with E-state index in [2.05, 4.69) is 6.92 Å². The number of Topliss-reactive ketones (excluding diaryl/α,β-unsaturated/α-hetero) is 1. The van der Waals surface area contributed by atoms with Crippen LogP contribution in [0.4, 0.5) is 0 Å². The van der Waals surface area contributed by atoms with E-state index in [-0.39, 0.29) is 11.7 Å². The fraction of sp³-hybridized carbons (Fsp3) is 0.857. The Kier molecular flexibility index (Phi) is 4.32. The van der Waals surface area contributed by atoms with Crippen LogP contribution >= 0.6 is 0 Å². The molecule has 0 aromatic carbocycles. The molecule has 0 saturated carbocycles. The molecule has 0 saturated heterocycles. The van der Waals surface area contributed by atoms with Gasteiger partial charge in [0.1, 0.15) is 5.78 Å². The van der Waals surface area contributed by atoms with E-state index in [0.29, 0.717) is 6.54 Å². The molecule has 0 heterocycles. The summed E-state index contributed by atoms with van der Waals surface area (Å²) in [5.41, 5.74) is 5.34. The predicted octanol–water partition coefficient (Wildman–Crippen LogP) is 0.950. The maximum absolute atomic E-state index is 10.7. The minimum atomic E-state index is 0.106. The summed E-state index contributed by atoms with van der Waals surface area (Å²) >= 11 is 0. The monoisotopic (exact) mass is 129 g/mol. The van der Waals surface area contributed by atoms with E-state index in [1.807, 2.05) is 0 Å². The average Bonchev–Trinajstić information content (AvgIpc) is 1.82. The van der Waals surface area contributed by atoms with Gasteiger partial charge in [0, 0.05) is 12.5 Å². The number of nitrogens with two attached hydrogens (primary N) is 1. The second-order valence-electron chi connectivity index (χ2n) is 2.33. The third-order valence-corrected chi connectivity index (χ3v) is 1.50. The van der Waals surface area contributed by atoms with Gasteiger partial charge in [0.25, 0.3) is 0 Å². The zero-order valence-corrected chi connectivity index (χ0v) is 6.18. The third kappa shape index (κ3) is 3.25. The summed E-state index contributed by atoms with van der Waals surface area (Å²) in [5.74, 6) is 0.328. The first-order valence-electron chi connectivity index (χ1n) is 3.42. The molecule has 0 radical (unpaired) electrons. The maximum Gasteiger partial charge on any atom is 0.134 e. The van der Waals surface area contributed by atoms with Gasteiger partial charge in [-0.1, -0.05) is 13.3 Å². The summed E-state index contributed by atoms with van der Waals surface area (Å²) in [7, 11) is 0. The van der Waals surface area contributed by atoms with Crippen molar-refractivity contribution in [2.75, 3.05) is 6.54 Å². The first kappa shape index (κ1) is 8.63. The number of carbonyl (C=O) groups is 1. The van der Waals surface area contributed by atoms with Crippen LogP contribution in [-0.4, -0.2) is 12.3 Å². The molecule has 0 amide bonds. The lowest BCUT2D eigenvalue weighted by atomic mass is 10.0. The van der Waals surface area contributed by atoms with Gasteiger partial charge in [0.05, 0.1) is 0 Å². The SMILES string of the molecule is CCCC(CN)C(C)=O. The first-order valence-corrected chi connectivity index (χ1v) is 3.42. The lowest BCUT2D eigenvalue weighted by molar-refractivity contribution is -0.120. The highest BCUT2D eigenvalue weighted by molar-refractivity contribution is 5.78. The summed E-state index contributed by atoms with van der Waals surface area (Å²) in [6.07, 6.45) is 1.98. The standard InChI is InChI=1S/C7H15NO/c1-3-4-7(5-8)6(2)9/h7H,3-5,8H2,1-2H3. The normalized spacial score (nSPS) is 13.2. The quantitative estimate of drug-likeness (QED) is 0.614. The van der Waals surface area contributed by atoms with Crippen LogP contribution in [0.15, 0.2) is 0 Å². The van der Waals surface area contributed by atoms with E-state index in [0.717, 1.165) is 12.8 Å². The Morgan fingerprint density at radius 1 is 1.67 bits per heavy atom. The van der Waals surface area contributed by atoms with Crippen molar-refractivity contribution >= 4 is 5.78 Å². The van der Waals surface area contributed by atoms with Crippen molar-refractivity contribution < 1.29 is 4.79 Å². The van der Waals surface area contributed by atoms with E-state index in [1.54, 1.807) is 6.92 Å². The van der Waals surface area contributed by atoms with Crippen LogP contribution in [0.5, 0.6) is 0 Å². The summed E-state index contributed by atoms with van der Waals surface area (Å²) in [5, 5.41) is 0. The molecule has 0 aliphatic carbocycles. The minimum Gasteiger partial charge on any atom is -0.330 e. The van der Waals surface area contributed by atoms with Crippen molar-refractivity contribution in [3.63, 3.8) is 0 Å². The molecule has 2 nitrogen and oxygen atoms in total. The summed E-state index contributed by atoms with van der Waals surface area (Å²) in [6, 6.07) is 0. The van der Waals surface area contributed by atoms with Crippen LogP contribution in [0.2, 0.25) is 0 Å². The van der Waals surface area contributed by atoms with Crippen molar-refractivity contribution in [3.8, 4) is 0 Å². The number of carbonyl (C=O) groups excluding carboxylic acids is 1. The van der Waals surface area contributed by atoms with Gasteiger partial charge in [-0.15, -0.1) is 0 Å². The second kappa shape index (κ2) is 4.50. The maximum atomic E-state index is 10.7. The van der Waals surface area contributed by atoms with Crippen LogP contribution in [0.3, 0.4) is 0 Å². The van der Waals surface area contributed by atoms with Gasteiger partial charge >= 0.3 is 0 Å². The van der Waals surface area contributed by atoms with Gasteiger partial charge in [-0.25, -0.2) is 0 Å². The average molecular weight is 129 g/mol. The van der Waals surface area contributed by atoms with E-state index in [9.17, 15) is 4.79 Å². The molecular formula is C7H15NO. The van der Waals surface area contributed by atoms with Crippen molar-refractivity contribution in [2.24, 2.45) is 11.7 Å². The van der Waals surface area contributed by atoms with Crippen LogP contribution in [0.1, 0.15) is 26.7 Å². The summed E-state index contributed by atoms with van der Waals surface area (Å²) in [4.78, 5) is 10.7. The molecule has 0 spiro atoms. The molecule has 1 atom stereocenters. The van der Waals surface area contributed by atoms with Crippen LogP contribution in [0, 0.1) is 5.92 Å².